The Kier molecular flexibility index (Phi) is 5.10. The quantitative estimate of drug-likeness (QED) is 0.872. The van der Waals surface area contributed by atoms with E-state index in [4.69, 9.17) is 0 Å². The van der Waals surface area contributed by atoms with Crippen LogP contribution in [0.3, 0.4) is 0 Å². The highest BCUT2D eigenvalue weighted by Gasteiger charge is 2.29. The molecule has 2 N–H and O–H groups in total. The molecule has 3 rings (SSSR count). The third kappa shape index (κ3) is 3.50. The molecule has 1 aliphatic carbocycles. The van der Waals surface area contributed by atoms with Crippen LogP contribution >= 0.6 is 11.3 Å². The number of piperidine rings is 1. The van der Waals surface area contributed by atoms with E-state index in [2.05, 4.69) is 15.2 Å². The molecule has 0 radical (unpaired) electrons. The van der Waals surface area contributed by atoms with Gasteiger partial charge in [0.25, 0.3) is 0 Å². The summed E-state index contributed by atoms with van der Waals surface area (Å²) in [6.07, 6.45) is 6.95. The number of thiazole rings is 1. The number of aliphatic hydroxyl groups excluding tert-OH is 1. The molecule has 2 unspecified atom stereocenters. The smallest absolute Gasteiger partial charge is 0.240 e. The fourth-order valence-corrected chi connectivity index (χ4v) is 4.57. The minimum Gasteiger partial charge on any atom is -0.392 e. The summed E-state index contributed by atoms with van der Waals surface area (Å²) in [5, 5.41) is 13.8. The summed E-state index contributed by atoms with van der Waals surface area (Å²) in [5.41, 5.74) is 1.16. The normalized spacial score (nSPS) is 23.3. The molecule has 2 heterocycles. The number of anilines is 1. The van der Waals surface area contributed by atoms with Gasteiger partial charge in [0, 0.05) is 10.9 Å². The van der Waals surface area contributed by atoms with Gasteiger partial charge in [0.2, 0.25) is 5.91 Å². The van der Waals surface area contributed by atoms with Crippen molar-refractivity contribution in [2.24, 2.45) is 0 Å². The standard InChI is InChI=1S/C16H25N3O2S/c1-2-13(20)12-7-3-4-9-19(12)10-15(21)18-16-17-11-6-5-8-14(11)22-16/h12-13,20H,2-10H2,1H3,(H,17,18,21). The maximum Gasteiger partial charge on any atom is 0.240 e. The lowest BCUT2D eigenvalue weighted by Crippen LogP contribution is -2.49. The molecule has 0 saturated carbocycles. The van der Waals surface area contributed by atoms with Crippen LogP contribution in [0.15, 0.2) is 0 Å². The first-order chi connectivity index (χ1) is 10.7. The molecule has 2 aliphatic rings. The van der Waals surface area contributed by atoms with E-state index in [9.17, 15) is 9.90 Å². The lowest BCUT2D eigenvalue weighted by Gasteiger charge is -2.37. The van der Waals surface area contributed by atoms with E-state index in [0.29, 0.717) is 6.54 Å². The van der Waals surface area contributed by atoms with Crippen LogP contribution in [0.2, 0.25) is 0 Å². The van der Waals surface area contributed by atoms with Gasteiger partial charge < -0.3 is 10.4 Å². The number of nitrogens with zero attached hydrogens (tertiary/aromatic N) is 2. The van der Waals surface area contributed by atoms with Crippen LogP contribution in [0.1, 0.15) is 49.6 Å². The molecule has 6 heteroatoms. The fraction of sp³-hybridized carbons (Fsp3) is 0.750. The average molecular weight is 323 g/mol. The van der Waals surface area contributed by atoms with Crippen molar-refractivity contribution >= 4 is 22.4 Å². The molecule has 0 bridgehead atoms. The Labute approximate surface area is 135 Å². The number of aromatic nitrogens is 1. The van der Waals surface area contributed by atoms with Gasteiger partial charge >= 0.3 is 0 Å². The summed E-state index contributed by atoms with van der Waals surface area (Å²) < 4.78 is 0. The lowest BCUT2D eigenvalue weighted by atomic mass is 9.96. The third-order valence-corrected chi connectivity index (χ3v) is 5.79. The first-order valence-corrected chi connectivity index (χ1v) is 9.19. The number of aliphatic hydroxyl groups is 1. The van der Waals surface area contributed by atoms with Crippen LogP contribution in [0.25, 0.3) is 0 Å². The monoisotopic (exact) mass is 323 g/mol. The Bertz CT molecular complexity index is 510. The van der Waals surface area contributed by atoms with Gasteiger partial charge in [0.15, 0.2) is 5.13 Å². The number of carbonyl (C=O) groups excluding carboxylic acids is 1. The molecule has 1 saturated heterocycles. The highest BCUT2D eigenvalue weighted by Crippen LogP contribution is 2.30. The Morgan fingerprint density at radius 1 is 1.45 bits per heavy atom. The average Bonchev–Trinajstić information content (AvgIpc) is 3.08. The van der Waals surface area contributed by atoms with E-state index in [1.54, 1.807) is 11.3 Å². The van der Waals surface area contributed by atoms with E-state index < -0.39 is 0 Å². The fourth-order valence-electron chi connectivity index (χ4n) is 3.51. The first-order valence-electron chi connectivity index (χ1n) is 8.38. The van der Waals surface area contributed by atoms with Crippen molar-refractivity contribution in [2.75, 3.05) is 18.4 Å². The lowest BCUT2D eigenvalue weighted by molar-refractivity contribution is -0.119. The van der Waals surface area contributed by atoms with Crippen molar-refractivity contribution in [1.82, 2.24) is 9.88 Å². The van der Waals surface area contributed by atoms with Gasteiger partial charge in [-0.25, -0.2) is 4.98 Å². The van der Waals surface area contributed by atoms with Crippen molar-refractivity contribution in [2.45, 2.75) is 64.0 Å². The number of nitrogens with one attached hydrogen (secondary N) is 1. The van der Waals surface area contributed by atoms with Crippen LogP contribution in [0.4, 0.5) is 5.13 Å². The highest BCUT2D eigenvalue weighted by atomic mass is 32.1. The number of aryl methyl sites for hydroxylation is 2. The second-order valence-corrected chi connectivity index (χ2v) is 7.38. The van der Waals surface area contributed by atoms with Gasteiger partial charge in [0.05, 0.1) is 18.3 Å². The van der Waals surface area contributed by atoms with Gasteiger partial charge in [-0.1, -0.05) is 13.3 Å². The second kappa shape index (κ2) is 7.06. The summed E-state index contributed by atoms with van der Waals surface area (Å²) in [5.74, 6) is -0.0115. The largest absolute Gasteiger partial charge is 0.392 e. The van der Waals surface area contributed by atoms with Crippen molar-refractivity contribution < 1.29 is 9.90 Å². The van der Waals surface area contributed by atoms with Crippen LogP contribution in [0.5, 0.6) is 0 Å². The molecular weight excluding hydrogens is 298 g/mol. The molecule has 2 atom stereocenters. The zero-order valence-corrected chi connectivity index (χ0v) is 14.0. The molecule has 1 amide bonds. The minimum atomic E-state index is -0.336. The molecule has 1 aromatic rings. The number of likely N-dealkylation sites (tertiary alicyclic amines) is 1. The molecule has 0 aromatic carbocycles. The summed E-state index contributed by atoms with van der Waals surface area (Å²) in [6.45, 7) is 3.24. The van der Waals surface area contributed by atoms with Crippen LogP contribution in [-0.2, 0) is 17.6 Å². The predicted molar refractivity (Wildman–Crippen MR) is 88.3 cm³/mol. The summed E-state index contributed by atoms with van der Waals surface area (Å²) in [6, 6.07) is 0.116. The molecule has 0 spiro atoms. The number of amides is 1. The maximum atomic E-state index is 12.3. The number of rotatable bonds is 5. The molecule has 1 aromatic heterocycles. The number of hydrogen-bond donors (Lipinski definition) is 2. The molecule has 5 nitrogen and oxygen atoms in total. The number of hydrogen-bond acceptors (Lipinski definition) is 5. The minimum absolute atomic E-state index is 0.0115. The van der Waals surface area contributed by atoms with Crippen LogP contribution in [0, 0.1) is 0 Å². The Balaban J connectivity index is 1.57. The Morgan fingerprint density at radius 3 is 3.09 bits per heavy atom. The van der Waals surface area contributed by atoms with Crippen molar-refractivity contribution in [3.63, 3.8) is 0 Å². The van der Waals surface area contributed by atoms with Gasteiger partial charge in [-0.15, -0.1) is 11.3 Å². The molecule has 1 aliphatic heterocycles. The van der Waals surface area contributed by atoms with Gasteiger partial charge in [-0.3, -0.25) is 9.69 Å². The van der Waals surface area contributed by atoms with Crippen molar-refractivity contribution in [1.29, 1.82) is 0 Å². The van der Waals surface area contributed by atoms with E-state index in [-0.39, 0.29) is 18.1 Å². The van der Waals surface area contributed by atoms with Crippen molar-refractivity contribution in [3.05, 3.63) is 10.6 Å². The topological polar surface area (TPSA) is 65.5 Å². The molecule has 1 fully saturated rings. The van der Waals surface area contributed by atoms with Gasteiger partial charge in [-0.2, -0.15) is 0 Å². The van der Waals surface area contributed by atoms with Crippen molar-refractivity contribution in [3.8, 4) is 0 Å². The van der Waals surface area contributed by atoms with E-state index in [1.165, 1.54) is 11.3 Å². The number of fused-ring (bicyclic) bond motifs is 1. The number of carbonyl (C=O) groups is 1. The van der Waals surface area contributed by atoms with Crippen LogP contribution < -0.4 is 5.32 Å². The molecule has 122 valence electrons. The summed E-state index contributed by atoms with van der Waals surface area (Å²) >= 11 is 1.61. The van der Waals surface area contributed by atoms with Crippen LogP contribution in [-0.4, -0.2) is 46.1 Å². The second-order valence-electron chi connectivity index (χ2n) is 6.30. The van der Waals surface area contributed by atoms with Gasteiger partial charge in [0.1, 0.15) is 0 Å². The Hall–Kier alpha value is -0.980. The zero-order valence-electron chi connectivity index (χ0n) is 13.2. The summed E-state index contributed by atoms with van der Waals surface area (Å²) in [4.78, 5) is 20.3. The third-order valence-electron chi connectivity index (χ3n) is 4.72. The van der Waals surface area contributed by atoms with E-state index >= 15 is 0 Å². The highest BCUT2D eigenvalue weighted by molar-refractivity contribution is 7.15. The summed E-state index contributed by atoms with van der Waals surface area (Å²) in [7, 11) is 0. The Morgan fingerprint density at radius 2 is 2.32 bits per heavy atom. The van der Waals surface area contributed by atoms with E-state index in [0.717, 1.165) is 55.9 Å². The van der Waals surface area contributed by atoms with Gasteiger partial charge in [-0.05, 0) is 45.1 Å². The maximum absolute atomic E-state index is 12.3. The zero-order chi connectivity index (χ0) is 15.5. The molecular formula is C16H25N3O2S. The predicted octanol–water partition coefficient (Wildman–Crippen LogP) is 2.20. The van der Waals surface area contributed by atoms with E-state index in [1.807, 2.05) is 6.92 Å². The first kappa shape index (κ1) is 15.9. The SMILES string of the molecule is CCC(O)C1CCCCN1CC(=O)Nc1nc2c(s1)CCC2. The molecule has 22 heavy (non-hydrogen) atoms.